The van der Waals surface area contributed by atoms with Crippen molar-refractivity contribution in [3.63, 3.8) is 0 Å². The molecule has 0 saturated carbocycles. The van der Waals surface area contributed by atoms with Crippen molar-refractivity contribution in [3.8, 4) is 0 Å². The van der Waals surface area contributed by atoms with E-state index in [0.717, 1.165) is 21.9 Å². The van der Waals surface area contributed by atoms with E-state index < -0.39 is 28.5 Å². The summed E-state index contributed by atoms with van der Waals surface area (Å²) in [7, 11) is -4.05. The molecule has 0 fully saturated rings. The summed E-state index contributed by atoms with van der Waals surface area (Å²) in [5.41, 5.74) is 2.20. The van der Waals surface area contributed by atoms with Gasteiger partial charge in [0.15, 0.2) is 0 Å². The van der Waals surface area contributed by atoms with Gasteiger partial charge in [0.1, 0.15) is 12.6 Å². The van der Waals surface area contributed by atoms with Crippen molar-refractivity contribution in [1.29, 1.82) is 0 Å². The maximum absolute atomic E-state index is 13.9. The molecule has 196 valence electrons. The summed E-state index contributed by atoms with van der Waals surface area (Å²) in [5.74, 6) is -0.705. The quantitative estimate of drug-likeness (QED) is 0.380. The monoisotopic (exact) mass is 521 g/mol. The third-order valence-electron chi connectivity index (χ3n) is 6.06. The lowest BCUT2D eigenvalue weighted by Crippen LogP contribution is -2.52. The van der Waals surface area contributed by atoms with E-state index in [0.29, 0.717) is 18.7 Å². The lowest BCUT2D eigenvalue weighted by atomic mass is 10.1. The Kier molecular flexibility index (Phi) is 9.85. The number of anilines is 1. The molecule has 1 unspecified atom stereocenters. The Morgan fingerprint density at radius 3 is 2.03 bits per heavy atom. The molecule has 0 aromatic heterocycles. The molecule has 0 radical (unpaired) electrons. The third-order valence-corrected chi connectivity index (χ3v) is 7.85. The number of carbonyl (C=O) groups excluding carboxylic acids is 2. The molecule has 0 bridgehead atoms. The third kappa shape index (κ3) is 7.20. The van der Waals surface area contributed by atoms with Gasteiger partial charge < -0.3 is 10.2 Å². The van der Waals surface area contributed by atoms with Crippen LogP contribution >= 0.6 is 0 Å². The Morgan fingerprint density at radius 2 is 1.46 bits per heavy atom. The Balaban J connectivity index is 2.02. The van der Waals surface area contributed by atoms with E-state index in [4.69, 9.17) is 0 Å². The van der Waals surface area contributed by atoms with E-state index in [-0.39, 0.29) is 17.3 Å². The predicted molar refractivity (Wildman–Crippen MR) is 147 cm³/mol. The number of benzene rings is 3. The summed E-state index contributed by atoms with van der Waals surface area (Å²) in [5, 5.41) is 2.89. The van der Waals surface area contributed by atoms with Gasteiger partial charge in [-0.05, 0) is 49.6 Å². The fourth-order valence-electron chi connectivity index (χ4n) is 4.03. The average Bonchev–Trinajstić information content (AvgIpc) is 2.92. The lowest BCUT2D eigenvalue weighted by molar-refractivity contribution is -0.140. The van der Waals surface area contributed by atoms with Gasteiger partial charge in [0, 0.05) is 13.1 Å². The van der Waals surface area contributed by atoms with Crippen molar-refractivity contribution < 1.29 is 18.0 Å². The number of hydrogen-bond donors (Lipinski definition) is 1. The zero-order valence-electron chi connectivity index (χ0n) is 21.6. The summed E-state index contributed by atoms with van der Waals surface area (Å²) in [6.07, 6.45) is 1.16. The van der Waals surface area contributed by atoms with Gasteiger partial charge >= 0.3 is 0 Å². The number of aryl methyl sites for hydroxylation is 1. The standard InChI is InChI=1S/C29H35N3O4S/c1-4-20-30-29(34)27(5-2)31(21-24-12-8-6-9-13-24)28(33)22-32(25-18-16-23(3)17-19-25)37(35,36)26-14-10-7-11-15-26/h6-19,27H,4-5,20-22H2,1-3H3,(H,30,34). The molecule has 0 saturated heterocycles. The molecule has 0 heterocycles. The molecule has 7 nitrogen and oxygen atoms in total. The molecular formula is C29H35N3O4S. The maximum atomic E-state index is 13.9. The first-order chi connectivity index (χ1) is 17.8. The fraction of sp³-hybridized carbons (Fsp3) is 0.310. The van der Waals surface area contributed by atoms with E-state index >= 15 is 0 Å². The number of carbonyl (C=O) groups is 2. The second-order valence-electron chi connectivity index (χ2n) is 8.88. The molecule has 0 aliphatic carbocycles. The molecule has 2 amide bonds. The van der Waals surface area contributed by atoms with Crippen LogP contribution in [0.4, 0.5) is 5.69 Å². The molecule has 1 N–H and O–H groups in total. The second-order valence-corrected chi connectivity index (χ2v) is 10.7. The van der Waals surface area contributed by atoms with Gasteiger partial charge in [0.05, 0.1) is 10.6 Å². The van der Waals surface area contributed by atoms with Crippen molar-refractivity contribution in [2.75, 3.05) is 17.4 Å². The van der Waals surface area contributed by atoms with Crippen LogP contribution in [0.25, 0.3) is 0 Å². The van der Waals surface area contributed by atoms with Crippen molar-refractivity contribution in [3.05, 3.63) is 96.1 Å². The van der Waals surface area contributed by atoms with Gasteiger partial charge in [-0.15, -0.1) is 0 Å². The first-order valence-electron chi connectivity index (χ1n) is 12.5. The van der Waals surface area contributed by atoms with Crippen LogP contribution in [0.2, 0.25) is 0 Å². The highest BCUT2D eigenvalue weighted by atomic mass is 32.2. The molecule has 0 aliphatic rings. The fourth-order valence-corrected chi connectivity index (χ4v) is 5.46. The van der Waals surface area contributed by atoms with Crippen LogP contribution in [0, 0.1) is 6.92 Å². The normalized spacial score (nSPS) is 12.0. The Hall–Kier alpha value is -3.65. The Bertz CT molecular complexity index is 1260. The zero-order valence-corrected chi connectivity index (χ0v) is 22.4. The SMILES string of the molecule is CCCNC(=O)C(CC)N(Cc1ccccc1)C(=O)CN(c1ccc(C)cc1)S(=O)(=O)c1ccccc1. The molecule has 1 atom stereocenters. The minimum atomic E-state index is -4.05. The van der Waals surface area contributed by atoms with Gasteiger partial charge in [0.25, 0.3) is 10.0 Å². The average molecular weight is 522 g/mol. The molecule has 8 heteroatoms. The summed E-state index contributed by atoms with van der Waals surface area (Å²) in [6, 6.07) is 23.7. The van der Waals surface area contributed by atoms with Crippen LogP contribution in [0.3, 0.4) is 0 Å². The van der Waals surface area contributed by atoms with Gasteiger partial charge in [-0.2, -0.15) is 0 Å². The van der Waals surface area contributed by atoms with Crippen molar-refractivity contribution >= 4 is 27.5 Å². The molecule has 0 aliphatic heterocycles. The van der Waals surface area contributed by atoms with Gasteiger partial charge in [-0.3, -0.25) is 13.9 Å². The van der Waals surface area contributed by atoms with Crippen LogP contribution in [0.1, 0.15) is 37.8 Å². The summed E-state index contributed by atoms with van der Waals surface area (Å²) >= 11 is 0. The number of nitrogens with one attached hydrogen (secondary N) is 1. The minimum absolute atomic E-state index is 0.0886. The van der Waals surface area contributed by atoms with Gasteiger partial charge in [-0.1, -0.05) is 80.1 Å². The minimum Gasteiger partial charge on any atom is -0.354 e. The van der Waals surface area contributed by atoms with E-state index in [2.05, 4.69) is 5.32 Å². The highest BCUT2D eigenvalue weighted by Gasteiger charge is 2.33. The summed E-state index contributed by atoms with van der Waals surface area (Å²) in [4.78, 5) is 28.5. The predicted octanol–water partition coefficient (Wildman–Crippen LogP) is 4.52. The number of hydrogen-bond acceptors (Lipinski definition) is 4. The topological polar surface area (TPSA) is 86.8 Å². The first-order valence-corrected chi connectivity index (χ1v) is 14.0. The van der Waals surface area contributed by atoms with Gasteiger partial charge in [0.2, 0.25) is 11.8 Å². The highest BCUT2D eigenvalue weighted by molar-refractivity contribution is 7.92. The number of nitrogens with zero attached hydrogens (tertiary/aromatic N) is 2. The van der Waals surface area contributed by atoms with Crippen LogP contribution in [0.15, 0.2) is 89.8 Å². The molecule has 3 aromatic rings. The smallest absolute Gasteiger partial charge is 0.264 e. The number of sulfonamides is 1. The van der Waals surface area contributed by atoms with Crippen LogP contribution in [0.5, 0.6) is 0 Å². The molecule has 3 rings (SSSR count). The summed E-state index contributed by atoms with van der Waals surface area (Å²) in [6.45, 7) is 5.96. The van der Waals surface area contributed by atoms with E-state index in [1.165, 1.54) is 17.0 Å². The molecule has 0 spiro atoms. The molecule has 37 heavy (non-hydrogen) atoms. The number of rotatable bonds is 12. The highest BCUT2D eigenvalue weighted by Crippen LogP contribution is 2.25. The van der Waals surface area contributed by atoms with Crippen molar-refractivity contribution in [2.24, 2.45) is 0 Å². The van der Waals surface area contributed by atoms with Crippen molar-refractivity contribution in [1.82, 2.24) is 10.2 Å². The largest absolute Gasteiger partial charge is 0.354 e. The Labute approximate surface area is 220 Å². The van der Waals surface area contributed by atoms with Crippen LogP contribution in [-0.4, -0.2) is 44.3 Å². The van der Waals surface area contributed by atoms with E-state index in [1.54, 1.807) is 30.3 Å². The van der Waals surface area contributed by atoms with Crippen molar-refractivity contribution in [2.45, 2.75) is 51.1 Å². The molecule has 3 aromatic carbocycles. The summed E-state index contributed by atoms with van der Waals surface area (Å²) < 4.78 is 28.6. The van der Waals surface area contributed by atoms with Crippen LogP contribution < -0.4 is 9.62 Å². The second kappa shape index (κ2) is 13.1. The molecular weight excluding hydrogens is 486 g/mol. The van der Waals surface area contributed by atoms with E-state index in [1.807, 2.05) is 63.2 Å². The van der Waals surface area contributed by atoms with Crippen LogP contribution in [-0.2, 0) is 26.2 Å². The maximum Gasteiger partial charge on any atom is 0.264 e. The van der Waals surface area contributed by atoms with E-state index in [9.17, 15) is 18.0 Å². The lowest BCUT2D eigenvalue weighted by Gasteiger charge is -2.33. The zero-order chi connectivity index (χ0) is 26.8. The Morgan fingerprint density at radius 1 is 0.865 bits per heavy atom. The number of amides is 2. The van der Waals surface area contributed by atoms with Gasteiger partial charge in [-0.25, -0.2) is 8.42 Å². The first kappa shape index (κ1) is 27.9.